The molecule has 6 unspecified atom stereocenters. The van der Waals surface area contributed by atoms with Crippen molar-refractivity contribution in [2.75, 3.05) is 35.0 Å². The van der Waals surface area contributed by atoms with Crippen molar-refractivity contribution < 1.29 is 46.2 Å². The number of carbonyl (C=O) groups is 4. The Balaban J connectivity index is 0.977. The summed E-state index contributed by atoms with van der Waals surface area (Å²) in [4.78, 5) is 52.9. The molecule has 0 radical (unpaired) electrons. The fraction of sp³-hybridized carbons (Fsp3) is 0.192. The predicted molar refractivity (Wildman–Crippen MR) is 271 cm³/mol. The van der Waals surface area contributed by atoms with E-state index in [2.05, 4.69) is 21.5 Å². The summed E-state index contributed by atoms with van der Waals surface area (Å²) in [7, 11) is -8.68. The zero-order chi connectivity index (χ0) is 51.2. The number of hydrazine groups is 1. The fourth-order valence-corrected chi connectivity index (χ4v) is 12.5. The van der Waals surface area contributed by atoms with Gasteiger partial charge in [-0.25, -0.2) is 16.8 Å². The van der Waals surface area contributed by atoms with Crippen LogP contribution < -0.4 is 33.0 Å². The van der Waals surface area contributed by atoms with Crippen LogP contribution in [0.2, 0.25) is 0 Å². The van der Waals surface area contributed by atoms with Gasteiger partial charge in [0.2, 0.25) is 17.5 Å². The molecule has 5 aromatic carbocycles. The lowest BCUT2D eigenvalue weighted by atomic mass is 9.72. The number of anilines is 4. The smallest absolute Gasteiger partial charge is 0.264 e. The highest BCUT2D eigenvalue weighted by Crippen LogP contribution is 2.50. The Morgan fingerprint density at radius 2 is 1.21 bits per heavy atom. The van der Waals surface area contributed by atoms with Crippen molar-refractivity contribution in [2.45, 2.75) is 48.1 Å². The minimum absolute atomic E-state index is 0.0177. The van der Waals surface area contributed by atoms with Gasteiger partial charge in [0.05, 0.1) is 45.1 Å². The first kappa shape index (κ1) is 49.1. The highest BCUT2D eigenvalue weighted by Gasteiger charge is 2.54. The number of benzene rings is 5. The van der Waals surface area contributed by atoms with Gasteiger partial charge in [0.1, 0.15) is 12.3 Å². The molecule has 2 aliphatic heterocycles. The van der Waals surface area contributed by atoms with E-state index in [-0.39, 0.29) is 34.0 Å². The zero-order valence-corrected chi connectivity index (χ0v) is 40.4. The van der Waals surface area contributed by atoms with Crippen LogP contribution in [0.5, 0.6) is 0 Å². The number of hydrogen-bond acceptors (Lipinski definition) is 15. The Labute approximate surface area is 415 Å². The standard InChI is InChI=1S/C52H50N8O10S2/c1-29(61)55-26-41-45(33-6-4-3-5-7-33)48-47(52(66)50(41)64)43(28-60(48)72(69,70)39-20-12-35(54)13-21-39)32-10-16-37(17-11-32)57-58-38-18-22-40(23-19-38)71(67,68)59-27-42(31-8-14-36(15-9-31)56-30(2)62)46-44(59)24-34(25-53)49(63)51(46)65/h3-24,27-28,30,44,46-48,50,56-58,62,64H,25-26,53-54H2,1-2H3,(H,55,61). The third-order valence-electron chi connectivity index (χ3n) is 13.0. The van der Waals surface area contributed by atoms with Crippen LogP contribution in [-0.2, 0) is 39.2 Å². The number of carbonyl (C=O) groups excluding carboxylic acids is 4. The van der Waals surface area contributed by atoms with Crippen molar-refractivity contribution in [2.24, 2.45) is 17.6 Å². The van der Waals surface area contributed by atoms with Crippen LogP contribution in [0.25, 0.3) is 16.7 Å². The molecule has 9 rings (SSSR count). The first-order valence-corrected chi connectivity index (χ1v) is 25.6. The van der Waals surface area contributed by atoms with Crippen molar-refractivity contribution in [1.29, 1.82) is 0 Å². The molecule has 2 heterocycles. The molecular weight excluding hydrogens is 961 g/mol. The summed E-state index contributed by atoms with van der Waals surface area (Å²) in [6.07, 6.45) is 1.72. The second-order valence-corrected chi connectivity index (χ2v) is 21.3. The minimum atomic E-state index is -4.36. The van der Waals surface area contributed by atoms with E-state index in [1.54, 1.807) is 85.8 Å². The number of nitrogens with one attached hydrogen (secondary N) is 4. The number of aliphatic hydroxyl groups is 2. The molecule has 4 aliphatic rings. The number of Topliss-reactive ketones (excluding diaryl/α,β-unsaturated/α-hetero) is 3. The first-order valence-electron chi connectivity index (χ1n) is 22.8. The molecule has 10 N–H and O–H groups in total. The van der Waals surface area contributed by atoms with Crippen LogP contribution >= 0.6 is 0 Å². The van der Waals surface area contributed by atoms with E-state index in [1.807, 2.05) is 0 Å². The van der Waals surface area contributed by atoms with E-state index in [9.17, 15) is 46.2 Å². The number of nitrogens with zero attached hydrogens (tertiary/aromatic N) is 2. The lowest BCUT2D eigenvalue weighted by molar-refractivity contribution is -0.136. The van der Waals surface area contributed by atoms with Crippen molar-refractivity contribution in [3.05, 3.63) is 174 Å². The maximum absolute atomic E-state index is 14.6. The largest absolute Gasteiger partial charge is 0.399 e. The van der Waals surface area contributed by atoms with Crippen molar-refractivity contribution in [3.63, 3.8) is 0 Å². The normalized spacial score (nSPS) is 21.3. The second kappa shape index (κ2) is 19.4. The third-order valence-corrected chi connectivity index (χ3v) is 16.6. The summed E-state index contributed by atoms with van der Waals surface area (Å²) in [6.45, 7) is 2.40. The number of nitrogen functional groups attached to an aromatic ring is 1. The highest BCUT2D eigenvalue weighted by molar-refractivity contribution is 7.89. The number of sulfonamides is 2. The SMILES string of the molecule is CC(=O)NCC1=C(c2ccccc2)C2C(C(=O)C1O)C(c1ccc(NNc3ccc(S(=O)(=O)N4C=C(c5ccc(NC(C)O)cc5)C5C(=O)C(=O)C(CN)=CC54)cc3)cc1)=CN2S(=O)(=O)c1ccc(N)cc1. The van der Waals surface area contributed by atoms with Gasteiger partial charge < -0.3 is 43.2 Å². The number of nitrogens with two attached hydrogens (primary N) is 2. The van der Waals surface area contributed by atoms with Crippen molar-refractivity contribution in [1.82, 2.24) is 13.9 Å². The van der Waals surface area contributed by atoms with E-state index in [1.165, 1.54) is 73.9 Å². The Bertz CT molecular complexity index is 3340. The van der Waals surface area contributed by atoms with Gasteiger partial charge in [-0.15, -0.1) is 0 Å². The number of rotatable bonds is 15. The Kier molecular flexibility index (Phi) is 13.2. The molecule has 1 amide bonds. The second-order valence-electron chi connectivity index (χ2n) is 17.7. The minimum Gasteiger partial charge on any atom is -0.399 e. The molecule has 0 bridgehead atoms. The molecule has 0 spiro atoms. The summed E-state index contributed by atoms with van der Waals surface area (Å²) < 4.78 is 60.2. The number of hydrogen-bond donors (Lipinski definition) is 8. The fourth-order valence-electron chi connectivity index (χ4n) is 9.56. The molecule has 5 aromatic rings. The molecule has 20 heteroatoms. The average molecular weight is 1010 g/mol. The Morgan fingerprint density at radius 1 is 0.694 bits per heavy atom. The van der Waals surface area contributed by atoms with Crippen molar-refractivity contribution >= 4 is 82.8 Å². The van der Waals surface area contributed by atoms with Gasteiger partial charge in [0, 0.05) is 49.4 Å². The van der Waals surface area contributed by atoms with Crippen molar-refractivity contribution in [3.8, 4) is 0 Å². The molecule has 2 aliphatic carbocycles. The quantitative estimate of drug-likeness (QED) is 0.0317. The molecule has 72 heavy (non-hydrogen) atoms. The van der Waals surface area contributed by atoms with E-state index in [0.29, 0.717) is 56.2 Å². The first-order chi connectivity index (χ1) is 34.4. The molecule has 0 saturated heterocycles. The predicted octanol–water partition coefficient (Wildman–Crippen LogP) is 4.09. The number of amides is 1. The van der Waals surface area contributed by atoms with Gasteiger partial charge in [-0.05, 0) is 119 Å². The highest BCUT2D eigenvalue weighted by atomic mass is 32.2. The Hall–Kier alpha value is -7.88. The summed E-state index contributed by atoms with van der Waals surface area (Å²) in [5, 5.41) is 26.9. The number of fused-ring (bicyclic) bond motifs is 2. The van der Waals surface area contributed by atoms with E-state index < -0.39 is 79.6 Å². The Morgan fingerprint density at radius 3 is 1.76 bits per heavy atom. The summed E-state index contributed by atoms with van der Waals surface area (Å²) in [6, 6.07) is 31.6. The molecular formula is C52H50N8O10S2. The molecule has 0 fully saturated rings. The lowest BCUT2D eigenvalue weighted by Crippen LogP contribution is -2.49. The summed E-state index contributed by atoms with van der Waals surface area (Å²) >= 11 is 0. The van der Waals surface area contributed by atoms with Crippen LogP contribution in [0.4, 0.5) is 22.7 Å². The van der Waals surface area contributed by atoms with E-state index in [4.69, 9.17) is 11.5 Å². The van der Waals surface area contributed by atoms with Gasteiger partial charge >= 0.3 is 0 Å². The lowest BCUT2D eigenvalue weighted by Gasteiger charge is -2.38. The molecule has 18 nitrogen and oxygen atoms in total. The molecule has 370 valence electrons. The monoisotopic (exact) mass is 1010 g/mol. The van der Waals surface area contributed by atoms with Crippen LogP contribution in [0.15, 0.2) is 167 Å². The number of ketones is 3. The topological polar surface area (TPSA) is 284 Å². The summed E-state index contributed by atoms with van der Waals surface area (Å²) in [5.74, 6) is -4.87. The molecule has 0 saturated carbocycles. The van der Waals surface area contributed by atoms with Gasteiger partial charge in [-0.2, -0.15) is 0 Å². The van der Waals surface area contributed by atoms with Crippen LogP contribution in [-0.4, -0.2) is 96.4 Å². The zero-order valence-electron chi connectivity index (χ0n) is 38.8. The van der Waals surface area contributed by atoms with E-state index in [0.717, 1.165) is 8.61 Å². The van der Waals surface area contributed by atoms with Gasteiger partial charge in [0.25, 0.3) is 20.0 Å². The summed E-state index contributed by atoms with van der Waals surface area (Å²) in [5.41, 5.74) is 22.6. The average Bonchev–Trinajstić information content (AvgIpc) is 3.97. The van der Waals surface area contributed by atoms with Crippen LogP contribution in [0.3, 0.4) is 0 Å². The van der Waals surface area contributed by atoms with Crippen LogP contribution in [0.1, 0.15) is 30.5 Å². The number of aliphatic hydroxyl groups excluding tert-OH is 2. The maximum atomic E-state index is 14.6. The third kappa shape index (κ3) is 9.05. The van der Waals surface area contributed by atoms with Crippen LogP contribution in [0, 0.1) is 11.8 Å². The van der Waals surface area contributed by atoms with E-state index >= 15 is 0 Å². The molecule has 0 aromatic heterocycles. The van der Waals surface area contributed by atoms with Gasteiger partial charge in [-0.3, -0.25) is 27.8 Å². The maximum Gasteiger partial charge on any atom is 0.264 e. The van der Waals surface area contributed by atoms with Gasteiger partial charge in [0.15, 0.2) is 5.78 Å². The molecule has 6 atom stereocenters. The van der Waals surface area contributed by atoms with Gasteiger partial charge in [-0.1, -0.05) is 60.7 Å².